The second-order valence-corrected chi connectivity index (χ2v) is 6.21. The molecule has 0 aliphatic heterocycles. The average Bonchev–Trinajstić information content (AvgIpc) is 2.24. The van der Waals surface area contributed by atoms with Crippen LogP contribution in [0, 0.1) is 17.0 Å². The standard InChI is InChI=1S/C15H22F2N2O.ClH/c1-9(18)7-13(20)19-14(15(2,3)4)11-6-5-10(16)8-12(11)17;/h5-6,8-9,14H,7,18H2,1-4H3,(H,19,20);1H. The van der Waals surface area contributed by atoms with Crippen molar-refractivity contribution in [3.63, 3.8) is 0 Å². The maximum absolute atomic E-state index is 13.9. The summed E-state index contributed by atoms with van der Waals surface area (Å²) in [4.78, 5) is 11.9. The Labute approximate surface area is 130 Å². The van der Waals surface area contributed by atoms with Crippen molar-refractivity contribution in [2.45, 2.75) is 46.2 Å². The minimum Gasteiger partial charge on any atom is -0.349 e. The van der Waals surface area contributed by atoms with Gasteiger partial charge in [-0.2, -0.15) is 0 Å². The van der Waals surface area contributed by atoms with Crippen LogP contribution in [-0.4, -0.2) is 11.9 Å². The molecule has 3 nitrogen and oxygen atoms in total. The van der Waals surface area contributed by atoms with Crippen LogP contribution in [0.3, 0.4) is 0 Å². The Morgan fingerprint density at radius 2 is 1.90 bits per heavy atom. The van der Waals surface area contributed by atoms with Crippen molar-refractivity contribution in [1.82, 2.24) is 5.32 Å². The van der Waals surface area contributed by atoms with E-state index in [1.165, 1.54) is 12.1 Å². The van der Waals surface area contributed by atoms with Gasteiger partial charge in [0.25, 0.3) is 0 Å². The zero-order valence-electron chi connectivity index (χ0n) is 12.7. The molecule has 0 spiro atoms. The molecule has 0 aliphatic carbocycles. The van der Waals surface area contributed by atoms with Gasteiger partial charge >= 0.3 is 0 Å². The minimum atomic E-state index is -0.661. The molecular formula is C15H23ClF2N2O. The van der Waals surface area contributed by atoms with Crippen molar-refractivity contribution in [1.29, 1.82) is 0 Å². The molecule has 0 aromatic heterocycles. The molecule has 2 unspecified atom stereocenters. The van der Waals surface area contributed by atoms with Crippen molar-refractivity contribution < 1.29 is 13.6 Å². The molecule has 21 heavy (non-hydrogen) atoms. The lowest BCUT2D eigenvalue weighted by Crippen LogP contribution is -2.39. The Morgan fingerprint density at radius 1 is 1.33 bits per heavy atom. The molecule has 0 fully saturated rings. The van der Waals surface area contributed by atoms with Gasteiger partial charge in [0.2, 0.25) is 5.91 Å². The van der Waals surface area contributed by atoms with Crippen LogP contribution < -0.4 is 11.1 Å². The third-order valence-electron chi connectivity index (χ3n) is 2.95. The van der Waals surface area contributed by atoms with E-state index >= 15 is 0 Å². The van der Waals surface area contributed by atoms with E-state index in [2.05, 4.69) is 5.32 Å². The van der Waals surface area contributed by atoms with Crippen LogP contribution in [-0.2, 0) is 4.79 Å². The van der Waals surface area contributed by atoms with E-state index in [1.54, 1.807) is 6.92 Å². The predicted octanol–water partition coefficient (Wildman–Crippen LogP) is 3.33. The van der Waals surface area contributed by atoms with Gasteiger partial charge in [0.15, 0.2) is 0 Å². The van der Waals surface area contributed by atoms with Gasteiger partial charge in [-0.25, -0.2) is 8.78 Å². The normalized spacial score (nSPS) is 14.0. The van der Waals surface area contributed by atoms with E-state index in [-0.39, 0.29) is 36.3 Å². The van der Waals surface area contributed by atoms with Gasteiger partial charge in [-0.1, -0.05) is 26.8 Å². The third kappa shape index (κ3) is 5.98. The van der Waals surface area contributed by atoms with E-state index in [1.807, 2.05) is 20.8 Å². The summed E-state index contributed by atoms with van der Waals surface area (Å²) in [5.41, 5.74) is 5.45. The first-order valence-corrected chi connectivity index (χ1v) is 6.61. The fourth-order valence-electron chi connectivity index (χ4n) is 2.01. The van der Waals surface area contributed by atoms with Gasteiger partial charge < -0.3 is 11.1 Å². The number of nitrogens with two attached hydrogens (primary N) is 1. The van der Waals surface area contributed by atoms with Crippen LogP contribution >= 0.6 is 12.4 Å². The van der Waals surface area contributed by atoms with E-state index in [0.29, 0.717) is 0 Å². The molecule has 0 bridgehead atoms. The molecule has 1 rings (SSSR count). The molecular weight excluding hydrogens is 298 g/mol. The van der Waals surface area contributed by atoms with Crippen molar-refractivity contribution in [3.8, 4) is 0 Å². The highest BCUT2D eigenvalue weighted by molar-refractivity contribution is 5.85. The third-order valence-corrected chi connectivity index (χ3v) is 2.95. The number of halogens is 3. The smallest absolute Gasteiger partial charge is 0.222 e. The molecule has 0 saturated heterocycles. The first kappa shape index (κ1) is 19.8. The Kier molecular flexibility index (Phi) is 7.27. The maximum Gasteiger partial charge on any atom is 0.222 e. The zero-order valence-corrected chi connectivity index (χ0v) is 13.6. The number of hydrogen-bond donors (Lipinski definition) is 2. The lowest BCUT2D eigenvalue weighted by molar-refractivity contribution is -0.122. The number of rotatable bonds is 4. The van der Waals surface area contributed by atoms with Crippen LogP contribution in [0.1, 0.15) is 45.7 Å². The lowest BCUT2D eigenvalue weighted by Gasteiger charge is -2.32. The van der Waals surface area contributed by atoms with E-state index in [0.717, 1.165) is 6.07 Å². The number of hydrogen-bond acceptors (Lipinski definition) is 2. The molecule has 1 amide bonds. The van der Waals surface area contributed by atoms with E-state index in [9.17, 15) is 13.6 Å². The van der Waals surface area contributed by atoms with Crippen molar-refractivity contribution >= 4 is 18.3 Å². The summed E-state index contributed by atoms with van der Waals surface area (Å²) in [7, 11) is 0. The van der Waals surface area contributed by atoms with Gasteiger partial charge in [0.1, 0.15) is 11.6 Å². The summed E-state index contributed by atoms with van der Waals surface area (Å²) < 4.78 is 26.9. The molecule has 0 saturated carbocycles. The van der Waals surface area contributed by atoms with Crippen molar-refractivity contribution in [3.05, 3.63) is 35.4 Å². The molecule has 0 radical (unpaired) electrons. The monoisotopic (exact) mass is 320 g/mol. The van der Waals surface area contributed by atoms with E-state index in [4.69, 9.17) is 5.73 Å². The summed E-state index contributed by atoms with van der Waals surface area (Å²) in [6.45, 7) is 7.37. The van der Waals surface area contributed by atoms with Crippen molar-refractivity contribution in [2.75, 3.05) is 0 Å². The Balaban J connectivity index is 0.00000400. The topological polar surface area (TPSA) is 55.1 Å². The van der Waals surface area contributed by atoms with Gasteiger partial charge in [-0.05, 0) is 18.4 Å². The molecule has 6 heteroatoms. The van der Waals surface area contributed by atoms with Crippen molar-refractivity contribution in [2.24, 2.45) is 11.1 Å². The van der Waals surface area contributed by atoms with Gasteiger partial charge in [-0.15, -0.1) is 12.4 Å². The van der Waals surface area contributed by atoms with Crippen LogP contribution in [0.4, 0.5) is 8.78 Å². The predicted molar refractivity (Wildman–Crippen MR) is 82.2 cm³/mol. The fraction of sp³-hybridized carbons (Fsp3) is 0.533. The summed E-state index contributed by atoms with van der Waals surface area (Å²) >= 11 is 0. The zero-order chi connectivity index (χ0) is 15.5. The highest BCUT2D eigenvalue weighted by Gasteiger charge is 2.30. The average molecular weight is 321 g/mol. The lowest BCUT2D eigenvalue weighted by atomic mass is 9.82. The number of carbonyl (C=O) groups excluding carboxylic acids is 1. The summed E-state index contributed by atoms with van der Waals surface area (Å²) in [6.07, 6.45) is 0.162. The Bertz CT molecular complexity index is 487. The number of carbonyl (C=O) groups is 1. The molecule has 120 valence electrons. The van der Waals surface area contributed by atoms with E-state index < -0.39 is 23.1 Å². The van der Waals surface area contributed by atoms with Crippen LogP contribution in [0.15, 0.2) is 18.2 Å². The Hall–Kier alpha value is -1.20. The van der Waals surface area contributed by atoms with Gasteiger partial charge in [0.05, 0.1) is 6.04 Å². The summed E-state index contributed by atoms with van der Waals surface area (Å²) in [6, 6.07) is 2.57. The van der Waals surface area contributed by atoms with Crippen LogP contribution in [0.2, 0.25) is 0 Å². The minimum absolute atomic E-state index is 0. The Morgan fingerprint density at radius 3 is 2.33 bits per heavy atom. The number of amides is 1. The fourth-order valence-corrected chi connectivity index (χ4v) is 2.01. The molecule has 0 heterocycles. The molecule has 3 N–H and O–H groups in total. The van der Waals surface area contributed by atoms with Gasteiger partial charge in [-0.3, -0.25) is 4.79 Å². The number of benzene rings is 1. The van der Waals surface area contributed by atoms with Crippen LogP contribution in [0.5, 0.6) is 0 Å². The molecule has 2 atom stereocenters. The molecule has 1 aromatic carbocycles. The second-order valence-electron chi connectivity index (χ2n) is 6.21. The SMILES string of the molecule is CC(N)CC(=O)NC(c1ccc(F)cc1F)C(C)(C)C.Cl. The molecule has 1 aromatic rings. The highest BCUT2D eigenvalue weighted by Crippen LogP contribution is 2.34. The molecule has 0 aliphatic rings. The van der Waals surface area contributed by atoms with Gasteiger partial charge in [0, 0.05) is 24.1 Å². The first-order valence-electron chi connectivity index (χ1n) is 6.61. The van der Waals surface area contributed by atoms with Crippen LogP contribution in [0.25, 0.3) is 0 Å². The quantitative estimate of drug-likeness (QED) is 0.894. The summed E-state index contributed by atoms with van der Waals surface area (Å²) in [5.74, 6) is -1.55. The largest absolute Gasteiger partial charge is 0.349 e. The second kappa shape index (κ2) is 7.71. The maximum atomic E-state index is 13.9. The number of nitrogens with one attached hydrogen (secondary N) is 1. The highest BCUT2D eigenvalue weighted by atomic mass is 35.5. The summed E-state index contributed by atoms with van der Waals surface area (Å²) in [5, 5.41) is 2.78. The first-order chi connectivity index (χ1) is 9.11.